The van der Waals surface area contributed by atoms with Gasteiger partial charge in [-0.15, -0.1) is 0 Å². The molecule has 0 aromatic rings. The molecule has 0 N–H and O–H groups in total. The van der Waals surface area contributed by atoms with E-state index in [-0.39, 0.29) is 0 Å². The first-order valence-corrected chi connectivity index (χ1v) is 1.82. The molecule has 0 saturated heterocycles. The summed E-state index contributed by atoms with van der Waals surface area (Å²) in [6, 6.07) is 0. The summed E-state index contributed by atoms with van der Waals surface area (Å²) in [5.41, 5.74) is 0. The molecule has 0 spiro atoms. The van der Waals surface area contributed by atoms with Crippen LogP contribution in [0.4, 0.5) is 17.6 Å². The summed E-state index contributed by atoms with van der Waals surface area (Å²) < 4.78 is 44.3. The fraction of sp³-hybridized carbons (Fsp3) is 0.500. The van der Waals surface area contributed by atoms with Crippen molar-refractivity contribution in [3.8, 4) is 0 Å². The van der Waals surface area contributed by atoms with E-state index in [1.807, 2.05) is 0 Å². The molecule has 0 aromatic carbocycles. The monoisotopic (exact) mass is 128 g/mol. The van der Waals surface area contributed by atoms with Gasteiger partial charge in [0.15, 0.2) is 0 Å². The summed E-state index contributed by atoms with van der Waals surface area (Å²) in [6.07, 6.45) is -5.99. The summed E-state index contributed by atoms with van der Waals surface area (Å²) in [5.74, 6) is -1.35. The summed E-state index contributed by atoms with van der Waals surface area (Å²) in [7, 11) is 0. The SMILES string of the molecule is C=C(F)CC(F)(F)F. The smallest absolute Gasteiger partial charge is 0.212 e. The second kappa shape index (κ2) is 2.15. The Morgan fingerprint density at radius 1 is 1.38 bits per heavy atom. The third kappa shape index (κ3) is 5.46. The van der Waals surface area contributed by atoms with Crippen molar-refractivity contribution in [2.24, 2.45) is 0 Å². The topological polar surface area (TPSA) is 0 Å². The van der Waals surface area contributed by atoms with Gasteiger partial charge >= 0.3 is 6.18 Å². The van der Waals surface area contributed by atoms with Gasteiger partial charge in [0.25, 0.3) is 0 Å². The van der Waals surface area contributed by atoms with Gasteiger partial charge in [-0.25, -0.2) is 4.39 Å². The van der Waals surface area contributed by atoms with Crippen molar-refractivity contribution in [3.63, 3.8) is 0 Å². The van der Waals surface area contributed by atoms with Crippen LogP contribution < -0.4 is 0 Å². The van der Waals surface area contributed by atoms with E-state index < -0.39 is 18.4 Å². The van der Waals surface area contributed by atoms with Gasteiger partial charge in [0.1, 0.15) is 5.83 Å². The van der Waals surface area contributed by atoms with E-state index in [9.17, 15) is 17.6 Å². The average molecular weight is 128 g/mol. The van der Waals surface area contributed by atoms with Crippen molar-refractivity contribution in [2.45, 2.75) is 12.6 Å². The molecule has 0 rings (SSSR count). The van der Waals surface area contributed by atoms with Crippen LogP contribution in [0.3, 0.4) is 0 Å². The van der Waals surface area contributed by atoms with E-state index >= 15 is 0 Å². The normalized spacial score (nSPS) is 11.5. The minimum absolute atomic E-state index is 1.35. The van der Waals surface area contributed by atoms with E-state index in [0.717, 1.165) is 0 Å². The Morgan fingerprint density at radius 2 is 1.75 bits per heavy atom. The molecule has 0 atom stereocenters. The molecule has 0 bridgehead atoms. The van der Waals surface area contributed by atoms with Crippen LogP contribution >= 0.6 is 0 Å². The zero-order valence-electron chi connectivity index (χ0n) is 3.93. The number of allylic oxidation sites excluding steroid dienone is 1. The molecule has 0 unspecified atom stereocenters. The molecule has 0 amide bonds. The Hall–Kier alpha value is -0.540. The van der Waals surface area contributed by atoms with E-state index in [1.165, 1.54) is 0 Å². The third-order valence-corrected chi connectivity index (χ3v) is 0.392. The van der Waals surface area contributed by atoms with Crippen LogP contribution in [0.15, 0.2) is 12.4 Å². The first kappa shape index (κ1) is 7.46. The van der Waals surface area contributed by atoms with E-state index in [2.05, 4.69) is 6.58 Å². The molecule has 0 nitrogen and oxygen atoms in total. The summed E-state index contributed by atoms with van der Waals surface area (Å²) in [4.78, 5) is 0. The third-order valence-electron chi connectivity index (χ3n) is 0.392. The minimum Gasteiger partial charge on any atom is -0.212 e. The zero-order valence-corrected chi connectivity index (χ0v) is 3.93. The van der Waals surface area contributed by atoms with Gasteiger partial charge in [-0.3, -0.25) is 0 Å². The molecule has 0 saturated carbocycles. The van der Waals surface area contributed by atoms with Gasteiger partial charge < -0.3 is 0 Å². The van der Waals surface area contributed by atoms with Crippen molar-refractivity contribution < 1.29 is 17.6 Å². The highest BCUT2D eigenvalue weighted by molar-refractivity contribution is 4.82. The molecule has 8 heavy (non-hydrogen) atoms. The van der Waals surface area contributed by atoms with Crippen molar-refractivity contribution in [3.05, 3.63) is 12.4 Å². The first-order valence-electron chi connectivity index (χ1n) is 1.82. The molecule has 0 radical (unpaired) electrons. The molecule has 4 heteroatoms. The molecule has 0 aliphatic heterocycles. The predicted molar refractivity (Wildman–Crippen MR) is 20.9 cm³/mol. The molecule has 0 aliphatic rings. The lowest BCUT2D eigenvalue weighted by Crippen LogP contribution is -2.05. The number of halogens is 4. The van der Waals surface area contributed by atoms with Crippen molar-refractivity contribution in [1.29, 1.82) is 0 Å². The van der Waals surface area contributed by atoms with Gasteiger partial charge in [-0.05, 0) is 0 Å². The predicted octanol–water partition coefficient (Wildman–Crippen LogP) is 2.42. The number of hydrogen-bond acceptors (Lipinski definition) is 0. The number of rotatable bonds is 1. The summed E-state index contributed by atoms with van der Waals surface area (Å²) >= 11 is 0. The van der Waals surface area contributed by atoms with Crippen LogP contribution in [0.1, 0.15) is 6.42 Å². The number of hydrogen-bond donors (Lipinski definition) is 0. The Bertz CT molecular complexity index is 90.7. The maximum Gasteiger partial charge on any atom is 0.395 e. The second-order valence-corrected chi connectivity index (χ2v) is 1.31. The second-order valence-electron chi connectivity index (χ2n) is 1.31. The standard InChI is InChI=1S/C4H4F4/c1-3(5)2-4(6,7)8/h1-2H2. The highest BCUT2D eigenvalue weighted by atomic mass is 19.4. The molecule has 0 heterocycles. The largest absolute Gasteiger partial charge is 0.395 e. The minimum atomic E-state index is -4.45. The van der Waals surface area contributed by atoms with E-state index in [0.29, 0.717) is 0 Å². The lowest BCUT2D eigenvalue weighted by Gasteiger charge is -2.00. The van der Waals surface area contributed by atoms with Gasteiger partial charge in [0.2, 0.25) is 0 Å². The van der Waals surface area contributed by atoms with Crippen LogP contribution in [0.2, 0.25) is 0 Å². The van der Waals surface area contributed by atoms with Crippen LogP contribution in [-0.4, -0.2) is 6.18 Å². The Kier molecular flexibility index (Phi) is 2.01. The van der Waals surface area contributed by atoms with Gasteiger partial charge in [0, 0.05) is 0 Å². The molecule has 0 aromatic heterocycles. The Balaban J connectivity index is 3.55. The number of alkyl halides is 3. The highest BCUT2D eigenvalue weighted by Crippen LogP contribution is 2.23. The van der Waals surface area contributed by atoms with Gasteiger partial charge in [-0.2, -0.15) is 13.2 Å². The summed E-state index contributed by atoms with van der Waals surface area (Å²) in [6.45, 7) is 2.45. The van der Waals surface area contributed by atoms with Crippen LogP contribution in [0.5, 0.6) is 0 Å². The van der Waals surface area contributed by atoms with E-state index in [4.69, 9.17) is 0 Å². The first-order chi connectivity index (χ1) is 3.42. The lowest BCUT2D eigenvalue weighted by atomic mass is 10.4. The van der Waals surface area contributed by atoms with Crippen molar-refractivity contribution in [2.75, 3.05) is 0 Å². The fourth-order valence-corrected chi connectivity index (χ4v) is 0.217. The average Bonchev–Trinajstić information content (AvgIpc) is 1.21. The molecular formula is C4H4F4. The Labute approximate surface area is 43.8 Å². The molecular weight excluding hydrogens is 124 g/mol. The maximum absolute atomic E-state index is 11.3. The van der Waals surface area contributed by atoms with Gasteiger partial charge in [-0.1, -0.05) is 6.58 Å². The Morgan fingerprint density at radius 3 is 1.75 bits per heavy atom. The fourth-order valence-electron chi connectivity index (χ4n) is 0.217. The van der Waals surface area contributed by atoms with Crippen molar-refractivity contribution in [1.82, 2.24) is 0 Å². The molecule has 48 valence electrons. The highest BCUT2D eigenvalue weighted by Gasteiger charge is 2.28. The summed E-state index contributed by atoms with van der Waals surface area (Å²) in [5, 5.41) is 0. The lowest BCUT2D eigenvalue weighted by molar-refractivity contribution is -0.129. The maximum atomic E-state index is 11.3. The van der Waals surface area contributed by atoms with Crippen molar-refractivity contribution >= 4 is 0 Å². The zero-order chi connectivity index (χ0) is 6.78. The van der Waals surface area contributed by atoms with E-state index in [1.54, 1.807) is 0 Å². The van der Waals surface area contributed by atoms with Crippen LogP contribution in [0.25, 0.3) is 0 Å². The molecule has 0 fully saturated rings. The van der Waals surface area contributed by atoms with Crippen LogP contribution in [-0.2, 0) is 0 Å². The quantitative estimate of drug-likeness (QED) is 0.475. The van der Waals surface area contributed by atoms with Crippen LogP contribution in [0, 0.1) is 0 Å². The molecule has 0 aliphatic carbocycles. The van der Waals surface area contributed by atoms with Gasteiger partial charge in [0.05, 0.1) is 6.42 Å².